The minimum Gasteiger partial charge on any atom is -0.451 e. The lowest BCUT2D eigenvalue weighted by molar-refractivity contribution is -0.0299. The number of carbonyl (C=O) groups is 1. The molecule has 5 heterocycles. The molecule has 1 aromatic carbocycles. The second-order valence-electron chi connectivity index (χ2n) is 13.7. The van der Waals surface area contributed by atoms with Crippen molar-refractivity contribution in [2.75, 3.05) is 64.0 Å². The minimum atomic E-state index is -3.39. The molecule has 4 aliphatic rings. The summed E-state index contributed by atoms with van der Waals surface area (Å²) in [5.41, 5.74) is 0.357. The predicted octanol–water partition coefficient (Wildman–Crippen LogP) is 3.44. The first-order valence-electron chi connectivity index (χ1n) is 16.8. The zero-order valence-electron chi connectivity index (χ0n) is 27.6. The molecule has 4 saturated heterocycles. The Hall–Kier alpha value is -2.91. The van der Waals surface area contributed by atoms with Crippen LogP contribution in [0.5, 0.6) is 11.5 Å². The number of sulfonamides is 1. The highest BCUT2D eigenvalue weighted by atomic mass is 32.2. The molecule has 2 aromatic rings. The van der Waals surface area contributed by atoms with E-state index in [1.54, 1.807) is 11.1 Å². The molecule has 1 spiro atoms. The minimum absolute atomic E-state index is 0.0452. The van der Waals surface area contributed by atoms with Gasteiger partial charge in [0.15, 0.2) is 11.6 Å². The Labute approximate surface area is 277 Å². The Morgan fingerprint density at radius 1 is 1.17 bits per heavy atom. The number of ether oxygens (including phenoxy) is 3. The molecule has 258 valence electrons. The van der Waals surface area contributed by atoms with Gasteiger partial charge in [0.2, 0.25) is 10.0 Å². The molecule has 1 amide bonds. The Morgan fingerprint density at radius 3 is 2.62 bits per heavy atom. The van der Waals surface area contributed by atoms with Crippen LogP contribution in [0.1, 0.15) is 63.2 Å². The molecule has 6 rings (SSSR count). The quantitative estimate of drug-likeness (QED) is 0.379. The van der Waals surface area contributed by atoms with Crippen molar-refractivity contribution in [3.63, 3.8) is 0 Å². The highest BCUT2D eigenvalue weighted by Crippen LogP contribution is 2.45. The van der Waals surface area contributed by atoms with Gasteiger partial charge in [-0.1, -0.05) is 0 Å². The molecule has 47 heavy (non-hydrogen) atoms. The van der Waals surface area contributed by atoms with Gasteiger partial charge >= 0.3 is 0 Å². The van der Waals surface area contributed by atoms with Crippen molar-refractivity contribution in [1.82, 2.24) is 24.5 Å². The van der Waals surface area contributed by atoms with E-state index in [1.165, 1.54) is 24.5 Å². The molecule has 0 radical (unpaired) electrons. The summed E-state index contributed by atoms with van der Waals surface area (Å²) in [5, 5.41) is -0.461. The molecule has 0 saturated carbocycles. The van der Waals surface area contributed by atoms with Crippen molar-refractivity contribution in [2.45, 2.75) is 76.3 Å². The first kappa shape index (κ1) is 34.0. The maximum atomic E-state index is 14.3. The number of hydrogen-bond acceptors (Lipinski definition) is 10. The van der Waals surface area contributed by atoms with Gasteiger partial charge in [-0.3, -0.25) is 4.79 Å². The van der Waals surface area contributed by atoms with Crippen LogP contribution < -0.4 is 14.4 Å². The fourth-order valence-electron chi connectivity index (χ4n) is 7.25. The first-order valence-corrected chi connectivity index (χ1v) is 18.4. The number of hydrogen-bond donors (Lipinski definition) is 1. The van der Waals surface area contributed by atoms with E-state index >= 15 is 0 Å². The summed E-state index contributed by atoms with van der Waals surface area (Å²) in [6.45, 7) is 11.9. The van der Waals surface area contributed by atoms with Gasteiger partial charge in [0.05, 0.1) is 31.1 Å². The molecule has 1 N–H and O–H groups in total. The number of nitrogens with zero attached hydrogens (tertiary/aromatic N) is 5. The lowest BCUT2D eigenvalue weighted by atomic mass is 9.72. The molecular formula is C33H47FN6O6S. The van der Waals surface area contributed by atoms with E-state index in [4.69, 9.17) is 14.2 Å². The number of anilines is 1. The summed E-state index contributed by atoms with van der Waals surface area (Å²) in [7, 11) is -3.39. The van der Waals surface area contributed by atoms with Gasteiger partial charge < -0.3 is 28.9 Å². The van der Waals surface area contributed by atoms with E-state index in [0.717, 1.165) is 58.4 Å². The third-order valence-corrected chi connectivity index (χ3v) is 11.9. The van der Waals surface area contributed by atoms with E-state index in [0.29, 0.717) is 37.7 Å². The lowest BCUT2D eigenvalue weighted by Crippen LogP contribution is -2.61. The maximum Gasteiger partial charge on any atom is 0.257 e. The van der Waals surface area contributed by atoms with E-state index in [9.17, 15) is 17.6 Å². The summed E-state index contributed by atoms with van der Waals surface area (Å²) < 4.78 is 59.9. The van der Waals surface area contributed by atoms with Crippen LogP contribution in [0.2, 0.25) is 0 Å². The van der Waals surface area contributed by atoms with Gasteiger partial charge in [0.1, 0.15) is 23.1 Å². The molecule has 12 nitrogen and oxygen atoms in total. The third kappa shape index (κ3) is 7.72. The molecule has 4 aliphatic heterocycles. The summed E-state index contributed by atoms with van der Waals surface area (Å²) >= 11 is 0. The topological polar surface area (TPSA) is 126 Å². The Balaban J connectivity index is 1.00. The number of benzene rings is 1. The third-order valence-electron chi connectivity index (χ3n) is 10.0. The predicted molar refractivity (Wildman–Crippen MR) is 175 cm³/mol. The standard InChI is InChI=1S/C33H47FN6O6S/c1-4-40(23(2)3)32(41)28-15-24(34)5-8-29(28)46-30-16-35-22-36-31(30)39-20-33(21-39)10-12-38(13-11-33)17-26-7-6-25(18-45-26)37-47(42,43)27-9-14-44-19-27/h5,8,15-16,22-23,25-27,37H,4,6-7,9-14,17-21H2,1-3H3/t25-,26+,27?/m1/s1. The van der Waals surface area contributed by atoms with Gasteiger partial charge in [-0.2, -0.15) is 0 Å². The lowest BCUT2D eigenvalue weighted by Gasteiger charge is -2.54. The Morgan fingerprint density at radius 2 is 1.96 bits per heavy atom. The smallest absolute Gasteiger partial charge is 0.257 e. The highest BCUT2D eigenvalue weighted by molar-refractivity contribution is 7.90. The number of nitrogens with one attached hydrogen (secondary N) is 1. The van der Waals surface area contributed by atoms with Gasteiger partial charge in [0.25, 0.3) is 5.91 Å². The van der Waals surface area contributed by atoms with Crippen molar-refractivity contribution in [1.29, 1.82) is 0 Å². The summed E-state index contributed by atoms with van der Waals surface area (Å²) in [6, 6.07) is 3.78. The number of piperidine rings is 1. The van der Waals surface area contributed by atoms with Crippen LogP contribution >= 0.6 is 0 Å². The van der Waals surface area contributed by atoms with E-state index in [1.807, 2.05) is 20.8 Å². The van der Waals surface area contributed by atoms with Crippen LogP contribution in [0.25, 0.3) is 0 Å². The van der Waals surface area contributed by atoms with E-state index < -0.39 is 21.1 Å². The fraction of sp³-hybridized carbons (Fsp3) is 0.667. The second kappa shape index (κ2) is 14.3. The second-order valence-corrected chi connectivity index (χ2v) is 15.7. The zero-order chi connectivity index (χ0) is 33.2. The van der Waals surface area contributed by atoms with Crippen LogP contribution in [0.3, 0.4) is 0 Å². The molecule has 4 fully saturated rings. The van der Waals surface area contributed by atoms with E-state index in [-0.39, 0.29) is 47.4 Å². The first-order chi connectivity index (χ1) is 22.6. The van der Waals surface area contributed by atoms with E-state index in [2.05, 4.69) is 24.5 Å². The molecular weight excluding hydrogens is 627 g/mol. The number of likely N-dealkylation sites (tertiary alicyclic amines) is 1. The van der Waals surface area contributed by atoms with Crippen molar-refractivity contribution in [3.05, 3.63) is 42.1 Å². The average Bonchev–Trinajstić information content (AvgIpc) is 3.59. The van der Waals surface area contributed by atoms with Crippen molar-refractivity contribution in [3.8, 4) is 11.5 Å². The summed E-state index contributed by atoms with van der Waals surface area (Å²) in [4.78, 5) is 28.4. The van der Waals surface area contributed by atoms with Gasteiger partial charge in [0, 0.05) is 50.3 Å². The van der Waals surface area contributed by atoms with Gasteiger partial charge in [-0.15, -0.1) is 0 Å². The molecule has 1 aromatic heterocycles. The maximum absolute atomic E-state index is 14.3. The van der Waals surface area contributed by atoms with Crippen molar-refractivity contribution in [2.24, 2.45) is 5.41 Å². The monoisotopic (exact) mass is 674 g/mol. The van der Waals surface area contributed by atoms with Crippen LogP contribution in [0.4, 0.5) is 10.2 Å². The highest BCUT2D eigenvalue weighted by Gasteiger charge is 2.46. The van der Waals surface area contributed by atoms with Crippen LogP contribution in [-0.4, -0.2) is 117 Å². The van der Waals surface area contributed by atoms with Crippen LogP contribution in [0, 0.1) is 11.2 Å². The summed E-state index contributed by atoms with van der Waals surface area (Å²) in [5.74, 6) is 0.571. The Bertz CT molecular complexity index is 1500. The van der Waals surface area contributed by atoms with Gasteiger partial charge in [-0.25, -0.2) is 27.5 Å². The SMILES string of the molecule is CCN(C(=O)c1cc(F)ccc1Oc1cncnc1N1CC2(CCN(C[C@@H]3CC[C@@H](NS(=O)(=O)C4CCOC4)CO3)CC2)C1)C(C)C. The number of rotatable bonds is 11. The fourth-order valence-corrected chi connectivity index (χ4v) is 8.78. The van der Waals surface area contributed by atoms with Crippen molar-refractivity contribution < 1.29 is 31.8 Å². The largest absolute Gasteiger partial charge is 0.451 e. The molecule has 1 unspecified atom stereocenters. The zero-order valence-corrected chi connectivity index (χ0v) is 28.4. The number of carbonyl (C=O) groups excluding carboxylic acids is 1. The summed E-state index contributed by atoms with van der Waals surface area (Å²) in [6.07, 6.45) is 7.45. The van der Waals surface area contributed by atoms with Crippen LogP contribution in [-0.2, 0) is 19.5 Å². The molecule has 14 heteroatoms. The normalized spacial score (nSPS) is 24.8. The molecule has 3 atom stereocenters. The number of aromatic nitrogens is 2. The van der Waals surface area contributed by atoms with Crippen LogP contribution in [0.15, 0.2) is 30.7 Å². The van der Waals surface area contributed by atoms with Gasteiger partial charge in [-0.05, 0) is 84.2 Å². The number of halogens is 1. The molecule has 0 bridgehead atoms. The molecule has 0 aliphatic carbocycles. The average molecular weight is 675 g/mol. The number of amides is 1. The Kier molecular flexibility index (Phi) is 10.3. The van der Waals surface area contributed by atoms with Crippen molar-refractivity contribution >= 4 is 21.7 Å².